The Hall–Kier alpha value is -2.87. The van der Waals surface area contributed by atoms with Crippen LogP contribution in [0.5, 0.6) is 5.75 Å². The molecule has 0 radical (unpaired) electrons. The van der Waals surface area contributed by atoms with Gasteiger partial charge in [0.15, 0.2) is 0 Å². The highest BCUT2D eigenvalue weighted by Crippen LogP contribution is 2.17. The van der Waals surface area contributed by atoms with Crippen molar-refractivity contribution in [3.63, 3.8) is 0 Å². The summed E-state index contributed by atoms with van der Waals surface area (Å²) in [5.74, 6) is -0.341. The topological polar surface area (TPSA) is 77.2 Å². The zero-order valence-corrected chi connectivity index (χ0v) is 10.2. The summed E-state index contributed by atoms with van der Waals surface area (Å²) in [7, 11) is 1.62. The van der Waals surface area contributed by atoms with Crippen molar-refractivity contribution in [3.05, 3.63) is 53.9 Å². The molecule has 0 unspecified atom stereocenters. The van der Waals surface area contributed by atoms with Gasteiger partial charge in [-0.2, -0.15) is 5.26 Å². The lowest BCUT2D eigenvalue weighted by atomic mass is 10.2. The van der Waals surface area contributed by atoms with Gasteiger partial charge in [0.2, 0.25) is 0 Å². The van der Waals surface area contributed by atoms with Crippen molar-refractivity contribution in [1.82, 2.24) is 4.98 Å². The average Bonchev–Trinajstić information content (AvgIpc) is 2.46. The Bertz CT molecular complexity index is 644. The molecule has 19 heavy (non-hydrogen) atoms. The summed E-state index contributed by atoms with van der Waals surface area (Å²) < 4.78 is 0. The van der Waals surface area contributed by atoms with Crippen LogP contribution < -0.4 is 4.90 Å². The van der Waals surface area contributed by atoms with Crippen LogP contribution in [0, 0.1) is 11.3 Å². The highest BCUT2D eigenvalue weighted by molar-refractivity contribution is 6.05. The van der Waals surface area contributed by atoms with Crippen molar-refractivity contribution in [2.75, 3.05) is 11.9 Å². The third-order valence-corrected chi connectivity index (χ3v) is 2.66. The van der Waals surface area contributed by atoms with E-state index in [1.807, 2.05) is 6.07 Å². The van der Waals surface area contributed by atoms with Crippen LogP contribution in [0.2, 0.25) is 0 Å². The second-order valence-electron chi connectivity index (χ2n) is 3.95. The maximum atomic E-state index is 12.2. The minimum atomic E-state index is -0.284. The van der Waals surface area contributed by atoms with E-state index in [9.17, 15) is 9.90 Å². The van der Waals surface area contributed by atoms with Crippen molar-refractivity contribution >= 4 is 11.6 Å². The molecule has 0 aliphatic carbocycles. The van der Waals surface area contributed by atoms with Gasteiger partial charge in [0.05, 0.1) is 23.4 Å². The molecule has 0 saturated heterocycles. The lowest BCUT2D eigenvalue weighted by Gasteiger charge is -2.17. The van der Waals surface area contributed by atoms with Crippen molar-refractivity contribution < 1.29 is 9.90 Å². The van der Waals surface area contributed by atoms with Crippen molar-refractivity contribution in [3.8, 4) is 11.8 Å². The van der Waals surface area contributed by atoms with E-state index in [-0.39, 0.29) is 11.7 Å². The number of amides is 1. The first-order valence-corrected chi connectivity index (χ1v) is 5.54. The van der Waals surface area contributed by atoms with Gasteiger partial charge in [-0.15, -0.1) is 0 Å². The monoisotopic (exact) mass is 253 g/mol. The van der Waals surface area contributed by atoms with Gasteiger partial charge >= 0.3 is 0 Å². The molecule has 1 aromatic heterocycles. The number of nitriles is 1. The van der Waals surface area contributed by atoms with E-state index >= 15 is 0 Å². The first-order chi connectivity index (χ1) is 9.11. The Labute approximate surface area is 110 Å². The molecule has 2 rings (SSSR count). The van der Waals surface area contributed by atoms with Gasteiger partial charge < -0.3 is 10.0 Å². The number of anilines is 1. The standard InChI is InChI=1S/C14H11N3O2/c1-17(12-4-2-10(7-15)3-5-12)14(19)11-6-13(18)9-16-8-11/h2-6,8-9,18H,1H3. The smallest absolute Gasteiger partial charge is 0.259 e. The Balaban J connectivity index is 2.26. The van der Waals surface area contributed by atoms with E-state index in [4.69, 9.17) is 5.26 Å². The van der Waals surface area contributed by atoms with Crippen LogP contribution in [0.4, 0.5) is 5.69 Å². The molecule has 5 heteroatoms. The number of carbonyl (C=O) groups is 1. The fraction of sp³-hybridized carbons (Fsp3) is 0.0714. The average molecular weight is 253 g/mol. The zero-order chi connectivity index (χ0) is 13.8. The van der Waals surface area contributed by atoms with Gasteiger partial charge in [0.25, 0.3) is 5.91 Å². The van der Waals surface area contributed by atoms with E-state index in [0.717, 1.165) is 0 Å². The predicted molar refractivity (Wildman–Crippen MR) is 69.8 cm³/mol. The van der Waals surface area contributed by atoms with Crippen LogP contribution >= 0.6 is 0 Å². The first-order valence-electron chi connectivity index (χ1n) is 5.54. The molecule has 5 nitrogen and oxygen atoms in total. The van der Waals surface area contributed by atoms with Crippen LogP contribution in [0.3, 0.4) is 0 Å². The Kier molecular flexibility index (Phi) is 3.44. The van der Waals surface area contributed by atoms with Gasteiger partial charge in [-0.3, -0.25) is 9.78 Å². The van der Waals surface area contributed by atoms with E-state index in [0.29, 0.717) is 16.8 Å². The summed E-state index contributed by atoms with van der Waals surface area (Å²) in [5.41, 5.74) is 1.49. The molecule has 0 saturated carbocycles. The number of nitrogens with zero attached hydrogens (tertiary/aromatic N) is 3. The number of aromatic hydroxyl groups is 1. The second-order valence-corrected chi connectivity index (χ2v) is 3.95. The molecule has 1 N–H and O–H groups in total. The molecule has 0 bridgehead atoms. The minimum Gasteiger partial charge on any atom is -0.506 e. The summed E-state index contributed by atoms with van der Waals surface area (Å²) in [4.78, 5) is 17.4. The van der Waals surface area contributed by atoms with E-state index < -0.39 is 0 Å². The molecule has 0 aliphatic rings. The maximum Gasteiger partial charge on any atom is 0.259 e. The van der Waals surface area contributed by atoms with Crippen molar-refractivity contribution in [2.45, 2.75) is 0 Å². The van der Waals surface area contributed by atoms with E-state index in [2.05, 4.69) is 4.98 Å². The molecule has 0 atom stereocenters. The fourth-order valence-electron chi connectivity index (χ4n) is 1.62. The third-order valence-electron chi connectivity index (χ3n) is 2.66. The molecule has 1 heterocycles. The first kappa shape index (κ1) is 12.6. The molecule has 2 aromatic rings. The Morgan fingerprint density at radius 3 is 2.58 bits per heavy atom. The number of benzene rings is 1. The highest BCUT2D eigenvalue weighted by atomic mass is 16.3. The molecule has 0 spiro atoms. The summed E-state index contributed by atoms with van der Waals surface area (Å²) in [6.07, 6.45) is 2.65. The zero-order valence-electron chi connectivity index (χ0n) is 10.2. The summed E-state index contributed by atoms with van der Waals surface area (Å²) >= 11 is 0. The predicted octanol–water partition coefficient (Wildman–Crippen LogP) is 1.94. The van der Waals surface area contributed by atoms with Crippen LogP contribution in [-0.2, 0) is 0 Å². The largest absolute Gasteiger partial charge is 0.506 e. The van der Waals surface area contributed by atoms with Gasteiger partial charge in [-0.05, 0) is 30.3 Å². The van der Waals surface area contributed by atoms with Crippen LogP contribution in [0.15, 0.2) is 42.7 Å². The molecule has 1 aromatic carbocycles. The van der Waals surface area contributed by atoms with E-state index in [1.165, 1.54) is 23.4 Å². The number of rotatable bonds is 2. The minimum absolute atomic E-state index is 0.0564. The maximum absolute atomic E-state index is 12.2. The highest BCUT2D eigenvalue weighted by Gasteiger charge is 2.14. The van der Waals surface area contributed by atoms with Crippen LogP contribution in [-0.4, -0.2) is 23.0 Å². The lowest BCUT2D eigenvalue weighted by Crippen LogP contribution is -2.26. The molecule has 94 valence electrons. The van der Waals surface area contributed by atoms with Gasteiger partial charge in [-0.1, -0.05) is 0 Å². The fourth-order valence-corrected chi connectivity index (χ4v) is 1.62. The van der Waals surface area contributed by atoms with Gasteiger partial charge in [-0.25, -0.2) is 0 Å². The number of carbonyl (C=O) groups excluding carboxylic acids is 1. The van der Waals surface area contributed by atoms with Crippen molar-refractivity contribution in [1.29, 1.82) is 5.26 Å². The molecular weight excluding hydrogens is 242 g/mol. The lowest BCUT2D eigenvalue weighted by molar-refractivity contribution is 0.0992. The normalized spacial score (nSPS) is 9.68. The number of hydrogen-bond donors (Lipinski definition) is 1. The van der Waals surface area contributed by atoms with Crippen LogP contribution in [0.25, 0.3) is 0 Å². The quantitative estimate of drug-likeness (QED) is 0.887. The Morgan fingerprint density at radius 1 is 1.32 bits per heavy atom. The molecule has 1 amide bonds. The van der Waals surface area contributed by atoms with Gasteiger partial charge in [0.1, 0.15) is 5.75 Å². The van der Waals surface area contributed by atoms with E-state index in [1.54, 1.807) is 31.3 Å². The van der Waals surface area contributed by atoms with Gasteiger partial charge in [0, 0.05) is 18.9 Å². The summed E-state index contributed by atoms with van der Waals surface area (Å²) in [6.45, 7) is 0. The Morgan fingerprint density at radius 2 is 2.00 bits per heavy atom. The molecular formula is C14H11N3O2. The third kappa shape index (κ3) is 2.69. The number of pyridine rings is 1. The second kappa shape index (κ2) is 5.19. The molecule has 0 fully saturated rings. The SMILES string of the molecule is CN(C(=O)c1cncc(O)c1)c1ccc(C#N)cc1. The summed E-state index contributed by atoms with van der Waals surface area (Å²) in [5, 5.41) is 18.0. The van der Waals surface area contributed by atoms with Crippen molar-refractivity contribution in [2.24, 2.45) is 0 Å². The number of aromatic nitrogens is 1. The number of hydrogen-bond acceptors (Lipinski definition) is 4. The summed E-state index contributed by atoms with van der Waals surface area (Å²) in [6, 6.07) is 10.0. The van der Waals surface area contributed by atoms with Crippen LogP contribution in [0.1, 0.15) is 15.9 Å². The molecule has 0 aliphatic heterocycles.